The van der Waals surface area contributed by atoms with Gasteiger partial charge >= 0.3 is 0 Å². The van der Waals surface area contributed by atoms with Gasteiger partial charge in [0, 0.05) is 102 Å². The van der Waals surface area contributed by atoms with Gasteiger partial charge in [-0.3, -0.25) is 24.1 Å². The number of Topliss-reactive ketones (excluding diaryl/α,β-unsaturated/α-hetero) is 1. The van der Waals surface area contributed by atoms with E-state index in [1.165, 1.54) is 0 Å². The van der Waals surface area contributed by atoms with Gasteiger partial charge in [-0.1, -0.05) is 55.4 Å². The average Bonchev–Trinajstić information content (AvgIpc) is 3.05. The Labute approximate surface area is 295 Å². The van der Waals surface area contributed by atoms with E-state index in [2.05, 4.69) is 30.7 Å². The molecule has 0 spiro atoms. The number of hydrogen-bond donors (Lipinski definition) is 0. The van der Waals surface area contributed by atoms with Gasteiger partial charge in [-0.05, 0) is 41.7 Å². The van der Waals surface area contributed by atoms with E-state index in [4.69, 9.17) is 9.47 Å². The second-order valence-electron chi connectivity index (χ2n) is 14.5. The van der Waals surface area contributed by atoms with Crippen LogP contribution < -0.4 is 0 Å². The van der Waals surface area contributed by atoms with Gasteiger partial charge in [-0.2, -0.15) is 0 Å². The fourth-order valence-electron chi connectivity index (χ4n) is 4.36. The molecule has 3 aliphatic heterocycles. The highest BCUT2D eigenvalue weighted by Gasteiger charge is 2.24. The van der Waals surface area contributed by atoms with Crippen molar-refractivity contribution in [2.45, 2.75) is 102 Å². The molecule has 11 heteroatoms. The van der Waals surface area contributed by atoms with Crippen LogP contribution in [0.4, 0.5) is 0 Å². The molecule has 0 radical (unpaired) electrons. The van der Waals surface area contributed by atoms with Gasteiger partial charge in [0.25, 0.3) is 0 Å². The van der Waals surface area contributed by atoms with Crippen molar-refractivity contribution in [1.82, 2.24) is 24.5 Å². The zero-order chi connectivity index (χ0) is 37.6. The van der Waals surface area contributed by atoms with E-state index in [0.29, 0.717) is 37.2 Å². The first kappa shape index (κ1) is 48.0. The number of methoxy groups -OCH3 is 1. The predicted octanol–water partition coefficient (Wildman–Crippen LogP) is 4.39. The smallest absolute Gasteiger partial charge is 0.225 e. The van der Waals surface area contributed by atoms with Crippen molar-refractivity contribution in [3.8, 4) is 0 Å². The van der Waals surface area contributed by atoms with Crippen LogP contribution >= 0.6 is 0 Å². The van der Waals surface area contributed by atoms with E-state index in [0.717, 1.165) is 65.4 Å². The average molecular weight is 686 g/mol. The maximum atomic E-state index is 11.7. The molecular weight excluding hydrogens is 610 g/mol. The van der Waals surface area contributed by atoms with Crippen LogP contribution in [-0.2, 0) is 28.7 Å². The third-order valence-electron chi connectivity index (χ3n) is 8.26. The molecule has 0 aromatic heterocycles. The van der Waals surface area contributed by atoms with Crippen LogP contribution in [0.15, 0.2) is 0 Å². The van der Waals surface area contributed by atoms with E-state index in [1.54, 1.807) is 14.0 Å². The number of rotatable bonds is 6. The van der Waals surface area contributed by atoms with Gasteiger partial charge in [-0.15, -0.1) is 0 Å². The molecule has 11 nitrogen and oxygen atoms in total. The zero-order valence-corrected chi connectivity index (χ0v) is 33.6. The lowest BCUT2D eigenvalue weighted by molar-refractivity contribution is -0.138. The number of morpholine rings is 1. The van der Waals surface area contributed by atoms with Crippen LogP contribution in [0.25, 0.3) is 0 Å². The van der Waals surface area contributed by atoms with Crippen LogP contribution in [0.3, 0.4) is 0 Å². The fourth-order valence-corrected chi connectivity index (χ4v) is 4.36. The molecule has 3 saturated heterocycles. The molecule has 3 fully saturated rings. The first-order valence-corrected chi connectivity index (χ1v) is 18.2. The number of carbonyl (C=O) groups is 4. The molecule has 3 amide bonds. The molecule has 48 heavy (non-hydrogen) atoms. The molecule has 0 unspecified atom stereocenters. The Balaban J connectivity index is 0. The monoisotopic (exact) mass is 686 g/mol. The summed E-state index contributed by atoms with van der Waals surface area (Å²) < 4.78 is 9.89. The summed E-state index contributed by atoms with van der Waals surface area (Å²) in [4.78, 5) is 55.2. The molecule has 0 aliphatic carbocycles. The highest BCUT2D eigenvalue weighted by molar-refractivity contribution is 5.79. The Morgan fingerprint density at radius 2 is 0.812 bits per heavy atom. The van der Waals surface area contributed by atoms with Crippen LogP contribution in [0.2, 0.25) is 0 Å². The van der Waals surface area contributed by atoms with Crippen molar-refractivity contribution in [2.75, 3.05) is 92.8 Å². The van der Waals surface area contributed by atoms with E-state index in [-0.39, 0.29) is 35.4 Å². The molecular formula is C37H75N5O6. The highest BCUT2D eigenvalue weighted by atomic mass is 16.5. The number of piperazine rings is 2. The number of amides is 3. The lowest BCUT2D eigenvalue weighted by Gasteiger charge is -2.37. The Morgan fingerprint density at radius 1 is 0.521 bits per heavy atom. The number of hydrogen-bond acceptors (Lipinski definition) is 8. The second kappa shape index (κ2) is 26.7. The molecule has 3 rings (SSSR count). The summed E-state index contributed by atoms with van der Waals surface area (Å²) in [6.45, 7) is 36.1. The van der Waals surface area contributed by atoms with E-state index in [9.17, 15) is 19.2 Å². The maximum absolute atomic E-state index is 11.7. The Kier molecular flexibility index (Phi) is 26.8. The van der Waals surface area contributed by atoms with Crippen molar-refractivity contribution in [3.05, 3.63) is 0 Å². The van der Waals surface area contributed by atoms with E-state index < -0.39 is 0 Å². The van der Waals surface area contributed by atoms with E-state index >= 15 is 0 Å². The van der Waals surface area contributed by atoms with Crippen LogP contribution in [0.1, 0.15) is 90.0 Å². The van der Waals surface area contributed by atoms with E-state index in [1.807, 2.05) is 83.9 Å². The molecule has 0 saturated carbocycles. The number of ketones is 1. The Hall–Kier alpha value is -2.08. The SMILES string of the molecule is CC(=O)C(C)C.CC(C)C(=O)N1CCN(C(C)C)CC1.CC(C)C(=O)N1CCN(C)CC1.CC(C)C(=O)N1CCOCC1.COC(C)C. The molecule has 3 heterocycles. The van der Waals surface area contributed by atoms with Crippen molar-refractivity contribution >= 4 is 23.5 Å². The second-order valence-corrected chi connectivity index (χ2v) is 14.5. The summed E-state index contributed by atoms with van der Waals surface area (Å²) in [6, 6.07) is 0.603. The van der Waals surface area contributed by atoms with Crippen LogP contribution in [0.5, 0.6) is 0 Å². The number of nitrogens with zero attached hydrogens (tertiary/aromatic N) is 5. The van der Waals surface area contributed by atoms with Crippen molar-refractivity contribution in [1.29, 1.82) is 0 Å². The van der Waals surface area contributed by atoms with Crippen LogP contribution in [-0.4, -0.2) is 153 Å². The zero-order valence-electron chi connectivity index (χ0n) is 33.6. The number of carbonyl (C=O) groups excluding carboxylic acids is 4. The number of ether oxygens (including phenoxy) is 2. The summed E-state index contributed by atoms with van der Waals surface area (Å²) >= 11 is 0. The molecule has 3 aliphatic rings. The van der Waals surface area contributed by atoms with Gasteiger partial charge in [0.2, 0.25) is 17.7 Å². The van der Waals surface area contributed by atoms with Gasteiger partial charge in [0.1, 0.15) is 5.78 Å². The molecule has 0 N–H and O–H groups in total. The largest absolute Gasteiger partial charge is 0.382 e. The summed E-state index contributed by atoms with van der Waals surface area (Å²) in [7, 11) is 3.79. The first-order valence-electron chi connectivity index (χ1n) is 18.2. The van der Waals surface area contributed by atoms with Crippen LogP contribution in [0, 0.1) is 23.7 Å². The third kappa shape index (κ3) is 22.5. The topological polar surface area (TPSA) is 103 Å². The van der Waals surface area contributed by atoms with Gasteiger partial charge < -0.3 is 29.1 Å². The highest BCUT2D eigenvalue weighted by Crippen LogP contribution is 2.09. The quantitative estimate of drug-likeness (QED) is 0.406. The fraction of sp³-hybridized carbons (Fsp3) is 0.892. The normalized spacial score (nSPS) is 17.2. The van der Waals surface area contributed by atoms with Crippen molar-refractivity contribution in [2.24, 2.45) is 23.7 Å². The minimum atomic E-state index is 0.119. The molecule has 0 atom stereocenters. The minimum Gasteiger partial charge on any atom is -0.382 e. The maximum Gasteiger partial charge on any atom is 0.225 e. The number of likely N-dealkylation sites (N-methyl/N-ethyl adjacent to an activating group) is 1. The minimum absolute atomic E-state index is 0.119. The van der Waals surface area contributed by atoms with Crippen molar-refractivity contribution in [3.63, 3.8) is 0 Å². The molecule has 284 valence electrons. The summed E-state index contributed by atoms with van der Waals surface area (Å²) in [6.07, 6.45) is 0.384. The van der Waals surface area contributed by atoms with Crippen molar-refractivity contribution < 1.29 is 28.7 Å². The molecule has 0 bridgehead atoms. The standard InChI is InChI=1S/C11H22N2O.C9H18N2O.C8H15NO2.C5H10O.C4H10O/c1-9(2)11(14)13-7-5-12(6-8-13)10(3)4;1-8(2)9(12)11-6-4-10(3)5-7-11;1-7(2)8(10)9-3-5-11-6-4-9;1-4(2)5(3)6;1-4(2)5-3/h9-10H,5-8H2,1-4H3;8H,4-7H2,1-3H3;7H,3-6H2,1-2H3;4H,1-3H3;4H,1-3H3. The first-order chi connectivity index (χ1) is 22.3. The molecule has 0 aromatic carbocycles. The molecule has 0 aromatic rings. The summed E-state index contributed by atoms with van der Waals surface area (Å²) in [5.74, 6) is 1.71. The summed E-state index contributed by atoms with van der Waals surface area (Å²) in [5, 5.41) is 0. The van der Waals surface area contributed by atoms with Gasteiger partial charge in [-0.25, -0.2) is 0 Å². The van der Waals surface area contributed by atoms with Gasteiger partial charge in [0.15, 0.2) is 0 Å². The Bertz CT molecular complexity index is 871. The van der Waals surface area contributed by atoms with Gasteiger partial charge in [0.05, 0.1) is 19.3 Å². The lowest BCUT2D eigenvalue weighted by atomic mass is 10.1. The lowest BCUT2D eigenvalue weighted by Crippen LogP contribution is -2.51. The summed E-state index contributed by atoms with van der Waals surface area (Å²) in [5.41, 5.74) is 0. The Morgan fingerprint density at radius 3 is 1.06 bits per heavy atom. The third-order valence-corrected chi connectivity index (χ3v) is 8.26. The predicted molar refractivity (Wildman–Crippen MR) is 197 cm³/mol.